The Morgan fingerprint density at radius 2 is 1.74 bits per heavy atom. The van der Waals surface area contributed by atoms with Crippen molar-refractivity contribution in [2.45, 2.75) is 64.0 Å². The average Bonchev–Trinajstić information content (AvgIpc) is 2.83. The lowest BCUT2D eigenvalue weighted by Crippen LogP contribution is -2.49. The molecule has 1 saturated heterocycles. The van der Waals surface area contributed by atoms with E-state index in [1.165, 1.54) is 24.3 Å². The van der Waals surface area contributed by atoms with Crippen molar-refractivity contribution in [2.24, 2.45) is 11.1 Å². The minimum Gasteiger partial charge on any atom is -0.430 e. The highest BCUT2D eigenvalue weighted by Gasteiger charge is 2.39. The van der Waals surface area contributed by atoms with Gasteiger partial charge in [-0.15, -0.1) is 6.42 Å². The van der Waals surface area contributed by atoms with Gasteiger partial charge in [-0.25, -0.2) is 13.6 Å². The maximum Gasteiger partial charge on any atom is 0.406 e. The zero-order chi connectivity index (χ0) is 24.6. The van der Waals surface area contributed by atoms with E-state index in [9.17, 15) is 13.6 Å². The second kappa shape index (κ2) is 12.0. The molecule has 2 N–H and O–H groups in total. The summed E-state index contributed by atoms with van der Waals surface area (Å²) in [6, 6.07) is 12.9. The Kier molecular flexibility index (Phi) is 9.06. The van der Waals surface area contributed by atoms with Crippen molar-refractivity contribution >= 4 is 6.09 Å². The first-order chi connectivity index (χ1) is 16.4. The Labute approximate surface area is 201 Å². The molecule has 2 aromatic carbocycles. The summed E-state index contributed by atoms with van der Waals surface area (Å²) < 4.78 is 32.5. The van der Waals surface area contributed by atoms with E-state index in [2.05, 4.69) is 17.7 Å². The zero-order valence-electron chi connectivity index (χ0n) is 19.8. The van der Waals surface area contributed by atoms with E-state index in [-0.39, 0.29) is 23.0 Å². The minimum atomic E-state index is -0.797. The van der Waals surface area contributed by atoms with Crippen molar-refractivity contribution in [3.63, 3.8) is 0 Å². The number of amides is 1. The number of hydrogen-bond acceptors (Lipinski definition) is 3. The van der Waals surface area contributed by atoms with Gasteiger partial charge in [0, 0.05) is 30.8 Å². The summed E-state index contributed by atoms with van der Waals surface area (Å²) in [5.41, 5.74) is 7.04. The molecular weight excluding hydrogens is 434 g/mol. The van der Waals surface area contributed by atoms with Crippen LogP contribution < -0.4 is 5.73 Å². The fraction of sp³-hybridized carbons (Fsp3) is 0.464. The molecule has 1 heterocycles. The number of ether oxygens (including phenoxy) is 1. The highest BCUT2D eigenvalue weighted by molar-refractivity contribution is 5.64. The molecule has 1 amide bonds. The number of unbranched alkanes of at least 4 members (excludes halogenated alkanes) is 1. The van der Waals surface area contributed by atoms with E-state index < -0.39 is 12.3 Å². The predicted octanol–water partition coefficient (Wildman–Crippen LogP) is 6.20. The first-order valence-electron chi connectivity index (χ1n) is 12.0. The SMILES string of the molecule is C#CC1(CCCC)CCN(CCCC(c2ccc(F)cc2)c2ccc(F)cc2)C(OC(N)=O)C1. The van der Waals surface area contributed by atoms with Crippen molar-refractivity contribution in [1.82, 2.24) is 4.90 Å². The average molecular weight is 469 g/mol. The molecule has 34 heavy (non-hydrogen) atoms. The summed E-state index contributed by atoms with van der Waals surface area (Å²) in [6.07, 6.45) is 10.7. The summed E-state index contributed by atoms with van der Waals surface area (Å²) in [6.45, 7) is 3.56. The molecule has 0 bridgehead atoms. The molecule has 1 fully saturated rings. The number of carbonyl (C=O) groups is 1. The largest absolute Gasteiger partial charge is 0.430 e. The molecule has 2 unspecified atom stereocenters. The van der Waals surface area contributed by atoms with Crippen molar-refractivity contribution in [1.29, 1.82) is 0 Å². The van der Waals surface area contributed by atoms with Gasteiger partial charge in [-0.2, -0.15) is 0 Å². The van der Waals surface area contributed by atoms with Crippen LogP contribution in [0.4, 0.5) is 13.6 Å². The molecule has 0 saturated carbocycles. The number of piperidine rings is 1. The number of nitrogens with zero attached hydrogens (tertiary/aromatic N) is 1. The normalized spacial score (nSPS) is 20.7. The van der Waals surface area contributed by atoms with Crippen LogP contribution in [0, 0.1) is 29.4 Å². The highest BCUT2D eigenvalue weighted by Crippen LogP contribution is 2.39. The highest BCUT2D eigenvalue weighted by atomic mass is 19.1. The fourth-order valence-corrected chi connectivity index (χ4v) is 4.93. The maximum atomic E-state index is 13.5. The van der Waals surface area contributed by atoms with E-state index in [1.54, 1.807) is 24.3 Å². The van der Waals surface area contributed by atoms with Gasteiger partial charge in [-0.1, -0.05) is 50.0 Å². The van der Waals surface area contributed by atoms with Crippen molar-refractivity contribution in [2.75, 3.05) is 13.1 Å². The maximum absolute atomic E-state index is 13.5. The second-order valence-corrected chi connectivity index (χ2v) is 9.21. The monoisotopic (exact) mass is 468 g/mol. The predicted molar refractivity (Wildman–Crippen MR) is 130 cm³/mol. The third-order valence-corrected chi connectivity index (χ3v) is 6.90. The lowest BCUT2D eigenvalue weighted by molar-refractivity contribution is -0.0655. The summed E-state index contributed by atoms with van der Waals surface area (Å²) in [4.78, 5) is 13.7. The van der Waals surface area contributed by atoms with Crippen molar-refractivity contribution < 1.29 is 18.3 Å². The molecular formula is C28H34F2N2O2. The van der Waals surface area contributed by atoms with E-state index in [0.717, 1.165) is 56.2 Å². The van der Waals surface area contributed by atoms with Crippen molar-refractivity contribution in [3.8, 4) is 12.3 Å². The number of halogens is 2. The van der Waals surface area contributed by atoms with Crippen LogP contribution in [-0.4, -0.2) is 30.3 Å². The molecule has 0 spiro atoms. The van der Waals surface area contributed by atoms with Gasteiger partial charge in [-0.3, -0.25) is 4.90 Å². The third-order valence-electron chi connectivity index (χ3n) is 6.90. The molecule has 0 radical (unpaired) electrons. The first-order valence-corrected chi connectivity index (χ1v) is 12.0. The van der Waals surface area contributed by atoms with Crippen LogP contribution in [0.15, 0.2) is 48.5 Å². The van der Waals surface area contributed by atoms with E-state index >= 15 is 0 Å². The summed E-state index contributed by atoms with van der Waals surface area (Å²) >= 11 is 0. The number of primary amides is 1. The van der Waals surface area contributed by atoms with Crippen LogP contribution in [0.2, 0.25) is 0 Å². The minimum absolute atomic E-state index is 0.00384. The number of benzene rings is 2. The standard InChI is InChI=1S/C28H34F2N2O2/c1-3-5-16-28(4-2)17-19-32(26(20-28)34-27(31)33)18-6-7-25(21-8-12-23(29)13-9-21)22-10-14-24(30)15-11-22/h2,8-15,25-26H,3,5-7,16-20H2,1H3,(H2,31,33). The third kappa shape index (κ3) is 6.80. The van der Waals surface area contributed by atoms with Crippen LogP contribution in [0.25, 0.3) is 0 Å². The first kappa shape index (κ1) is 25.7. The van der Waals surface area contributed by atoms with E-state index in [4.69, 9.17) is 16.9 Å². The molecule has 182 valence electrons. The van der Waals surface area contributed by atoms with Gasteiger partial charge < -0.3 is 10.5 Å². The quantitative estimate of drug-likeness (QED) is 0.422. The Balaban J connectivity index is 1.70. The van der Waals surface area contributed by atoms with Crippen LogP contribution >= 0.6 is 0 Å². The molecule has 0 aliphatic carbocycles. The Morgan fingerprint density at radius 3 is 2.24 bits per heavy atom. The van der Waals surface area contributed by atoms with Gasteiger partial charge in [0.15, 0.2) is 6.23 Å². The molecule has 1 aliphatic rings. The molecule has 3 rings (SSSR count). The Bertz CT molecular complexity index is 926. The lowest BCUT2D eigenvalue weighted by Gasteiger charge is -2.43. The number of carbonyl (C=O) groups excluding carboxylic acids is 1. The van der Waals surface area contributed by atoms with Gasteiger partial charge in [0.1, 0.15) is 11.6 Å². The zero-order valence-corrected chi connectivity index (χ0v) is 19.8. The molecule has 0 aromatic heterocycles. The topological polar surface area (TPSA) is 55.6 Å². The van der Waals surface area contributed by atoms with Crippen LogP contribution in [0.1, 0.15) is 68.9 Å². The van der Waals surface area contributed by atoms with Crippen LogP contribution in [-0.2, 0) is 4.74 Å². The van der Waals surface area contributed by atoms with Gasteiger partial charge >= 0.3 is 6.09 Å². The molecule has 4 nitrogen and oxygen atoms in total. The van der Waals surface area contributed by atoms with Gasteiger partial charge in [0.25, 0.3) is 0 Å². The molecule has 2 atom stereocenters. The summed E-state index contributed by atoms with van der Waals surface area (Å²) in [5, 5.41) is 0. The summed E-state index contributed by atoms with van der Waals surface area (Å²) in [7, 11) is 0. The Hall–Kier alpha value is -2.91. The van der Waals surface area contributed by atoms with Crippen LogP contribution in [0.5, 0.6) is 0 Å². The van der Waals surface area contributed by atoms with E-state index in [0.29, 0.717) is 13.0 Å². The number of rotatable bonds is 10. The van der Waals surface area contributed by atoms with Gasteiger partial charge in [0.2, 0.25) is 0 Å². The smallest absolute Gasteiger partial charge is 0.406 e. The van der Waals surface area contributed by atoms with Crippen molar-refractivity contribution in [3.05, 3.63) is 71.3 Å². The fourth-order valence-electron chi connectivity index (χ4n) is 4.93. The van der Waals surface area contributed by atoms with Crippen LogP contribution in [0.3, 0.4) is 0 Å². The Morgan fingerprint density at radius 1 is 1.15 bits per heavy atom. The summed E-state index contributed by atoms with van der Waals surface area (Å²) in [5.74, 6) is 2.40. The van der Waals surface area contributed by atoms with E-state index in [1.807, 2.05) is 0 Å². The number of likely N-dealkylation sites (tertiary alicyclic amines) is 1. The number of nitrogens with two attached hydrogens (primary N) is 1. The van der Waals surface area contributed by atoms with Gasteiger partial charge in [0.05, 0.1) is 0 Å². The number of terminal acetylenes is 1. The molecule has 1 aliphatic heterocycles. The molecule has 6 heteroatoms. The lowest BCUT2D eigenvalue weighted by atomic mass is 9.74. The molecule has 2 aromatic rings. The number of hydrogen-bond donors (Lipinski definition) is 1. The second-order valence-electron chi connectivity index (χ2n) is 9.21. The van der Waals surface area contributed by atoms with Gasteiger partial charge in [-0.05, 0) is 61.1 Å².